The lowest BCUT2D eigenvalue weighted by molar-refractivity contribution is 0.0372. The summed E-state index contributed by atoms with van der Waals surface area (Å²) in [5.74, 6) is 1.36. The molecule has 6 nitrogen and oxygen atoms in total. The second-order valence-corrected chi connectivity index (χ2v) is 7.55. The molecule has 1 saturated heterocycles. The molecular formula is C18H33N5OS. The summed E-state index contributed by atoms with van der Waals surface area (Å²) in [6.45, 7) is 14.0. The van der Waals surface area contributed by atoms with Crippen LogP contribution in [0.3, 0.4) is 0 Å². The fourth-order valence-corrected chi connectivity index (χ4v) is 3.52. The van der Waals surface area contributed by atoms with Crippen LogP contribution < -0.4 is 10.6 Å². The third-order valence-electron chi connectivity index (χ3n) is 4.17. The number of morpholine rings is 1. The SMILES string of the molecule is CCNC(=NCc1nc(C(C)C)cs1)NCCCCN1CCOCC1. The molecule has 1 aromatic rings. The number of guanidine groups is 1. The van der Waals surface area contributed by atoms with Crippen LogP contribution in [0.5, 0.6) is 0 Å². The van der Waals surface area contributed by atoms with E-state index in [-0.39, 0.29) is 0 Å². The van der Waals surface area contributed by atoms with Gasteiger partial charge in [0.05, 0.1) is 25.5 Å². The summed E-state index contributed by atoms with van der Waals surface area (Å²) in [4.78, 5) is 11.8. The van der Waals surface area contributed by atoms with Crippen molar-refractivity contribution in [3.63, 3.8) is 0 Å². The molecule has 0 aliphatic carbocycles. The summed E-state index contributed by atoms with van der Waals surface area (Å²) < 4.78 is 5.38. The third-order valence-corrected chi connectivity index (χ3v) is 5.03. The van der Waals surface area contributed by atoms with Gasteiger partial charge in [0, 0.05) is 31.6 Å². The van der Waals surface area contributed by atoms with Gasteiger partial charge in [0.15, 0.2) is 5.96 Å². The van der Waals surface area contributed by atoms with Crippen molar-refractivity contribution in [3.05, 3.63) is 16.1 Å². The molecule has 25 heavy (non-hydrogen) atoms. The zero-order chi connectivity index (χ0) is 17.9. The predicted molar refractivity (Wildman–Crippen MR) is 106 cm³/mol. The van der Waals surface area contributed by atoms with E-state index in [1.165, 1.54) is 6.42 Å². The van der Waals surface area contributed by atoms with E-state index in [0.717, 1.165) is 69.0 Å². The number of nitrogens with zero attached hydrogens (tertiary/aromatic N) is 3. The first-order valence-corrected chi connectivity index (χ1v) is 10.3. The molecule has 1 fully saturated rings. The maximum absolute atomic E-state index is 5.38. The lowest BCUT2D eigenvalue weighted by Crippen LogP contribution is -2.39. The van der Waals surface area contributed by atoms with Gasteiger partial charge in [-0.1, -0.05) is 13.8 Å². The predicted octanol–water partition coefficient (Wildman–Crippen LogP) is 2.43. The highest BCUT2D eigenvalue weighted by molar-refractivity contribution is 7.09. The number of rotatable bonds is 9. The summed E-state index contributed by atoms with van der Waals surface area (Å²) in [5, 5.41) is 9.96. The summed E-state index contributed by atoms with van der Waals surface area (Å²) in [6, 6.07) is 0. The topological polar surface area (TPSA) is 61.8 Å². The summed E-state index contributed by atoms with van der Waals surface area (Å²) in [6.07, 6.45) is 2.35. The molecule has 0 aromatic carbocycles. The second kappa shape index (κ2) is 11.4. The molecule has 142 valence electrons. The van der Waals surface area contributed by atoms with E-state index < -0.39 is 0 Å². The van der Waals surface area contributed by atoms with Gasteiger partial charge in [-0.2, -0.15) is 0 Å². The minimum Gasteiger partial charge on any atom is -0.379 e. The Bertz CT molecular complexity index is 511. The van der Waals surface area contributed by atoms with Crippen LogP contribution in [0.2, 0.25) is 0 Å². The molecular weight excluding hydrogens is 334 g/mol. The highest BCUT2D eigenvalue weighted by atomic mass is 32.1. The lowest BCUT2D eigenvalue weighted by atomic mass is 10.2. The Morgan fingerprint density at radius 2 is 2.12 bits per heavy atom. The van der Waals surface area contributed by atoms with Crippen LogP contribution in [0, 0.1) is 0 Å². The largest absolute Gasteiger partial charge is 0.379 e. The van der Waals surface area contributed by atoms with Crippen LogP contribution in [0.4, 0.5) is 0 Å². The number of thiazole rings is 1. The van der Waals surface area contributed by atoms with Gasteiger partial charge < -0.3 is 15.4 Å². The van der Waals surface area contributed by atoms with Crippen LogP contribution in [0.1, 0.15) is 50.2 Å². The van der Waals surface area contributed by atoms with E-state index in [9.17, 15) is 0 Å². The van der Waals surface area contributed by atoms with Crippen molar-refractivity contribution in [3.8, 4) is 0 Å². The van der Waals surface area contributed by atoms with Crippen molar-refractivity contribution >= 4 is 17.3 Å². The van der Waals surface area contributed by atoms with Gasteiger partial charge in [-0.25, -0.2) is 9.98 Å². The smallest absolute Gasteiger partial charge is 0.191 e. The number of aliphatic imine (C=N–C) groups is 1. The van der Waals surface area contributed by atoms with Crippen molar-refractivity contribution in [1.82, 2.24) is 20.5 Å². The maximum Gasteiger partial charge on any atom is 0.191 e. The van der Waals surface area contributed by atoms with Gasteiger partial charge in [0.1, 0.15) is 5.01 Å². The minimum atomic E-state index is 0.479. The Balaban J connectivity index is 1.67. The molecule has 0 unspecified atom stereocenters. The molecule has 0 atom stereocenters. The number of unbranched alkanes of at least 4 members (excludes halogenated alkanes) is 1. The molecule has 0 radical (unpaired) electrons. The average Bonchev–Trinajstić information content (AvgIpc) is 3.09. The summed E-state index contributed by atoms with van der Waals surface area (Å²) in [7, 11) is 0. The Hall–Kier alpha value is -1.18. The molecule has 7 heteroatoms. The average molecular weight is 368 g/mol. The maximum atomic E-state index is 5.38. The minimum absolute atomic E-state index is 0.479. The van der Waals surface area contributed by atoms with E-state index in [0.29, 0.717) is 12.5 Å². The Kier molecular flexibility index (Phi) is 9.21. The number of nitrogens with one attached hydrogen (secondary N) is 2. The standard InChI is InChI=1S/C18H33N5OS/c1-4-19-18(21-13-17-22-16(14-25-17)15(2)3)20-7-5-6-8-23-9-11-24-12-10-23/h14-15H,4-13H2,1-3H3,(H2,19,20,21). The van der Waals surface area contributed by atoms with Crippen LogP contribution in [-0.2, 0) is 11.3 Å². The fraction of sp³-hybridized carbons (Fsp3) is 0.778. The monoisotopic (exact) mass is 367 g/mol. The quantitative estimate of drug-likeness (QED) is 0.399. The zero-order valence-corrected chi connectivity index (χ0v) is 16.7. The van der Waals surface area contributed by atoms with Crippen LogP contribution in [0.15, 0.2) is 10.4 Å². The van der Waals surface area contributed by atoms with Crippen molar-refractivity contribution in [2.75, 3.05) is 45.9 Å². The first-order chi connectivity index (χ1) is 12.2. The fourth-order valence-electron chi connectivity index (χ4n) is 2.64. The highest BCUT2D eigenvalue weighted by Crippen LogP contribution is 2.18. The molecule has 0 bridgehead atoms. The van der Waals surface area contributed by atoms with Gasteiger partial charge in [0.2, 0.25) is 0 Å². The highest BCUT2D eigenvalue weighted by Gasteiger charge is 2.09. The van der Waals surface area contributed by atoms with Crippen LogP contribution in [0.25, 0.3) is 0 Å². The molecule has 2 N–H and O–H groups in total. The molecule has 1 aliphatic rings. The normalized spacial score (nSPS) is 16.4. The lowest BCUT2D eigenvalue weighted by Gasteiger charge is -2.26. The Labute approximate surface area is 156 Å². The molecule has 0 spiro atoms. The number of hydrogen-bond donors (Lipinski definition) is 2. The van der Waals surface area contributed by atoms with Crippen molar-refractivity contribution in [2.45, 2.75) is 46.1 Å². The van der Waals surface area contributed by atoms with E-state index in [1.807, 2.05) is 0 Å². The number of hydrogen-bond acceptors (Lipinski definition) is 5. The Morgan fingerprint density at radius 1 is 1.32 bits per heavy atom. The van der Waals surface area contributed by atoms with E-state index in [1.54, 1.807) is 11.3 Å². The molecule has 0 amide bonds. The second-order valence-electron chi connectivity index (χ2n) is 6.60. The van der Waals surface area contributed by atoms with E-state index in [4.69, 9.17) is 4.74 Å². The molecule has 2 rings (SSSR count). The van der Waals surface area contributed by atoms with Gasteiger partial charge in [-0.15, -0.1) is 11.3 Å². The molecule has 2 heterocycles. The van der Waals surface area contributed by atoms with Crippen molar-refractivity contribution < 1.29 is 4.74 Å². The summed E-state index contributed by atoms with van der Waals surface area (Å²) in [5.41, 5.74) is 1.16. The molecule has 1 aromatic heterocycles. The number of aromatic nitrogens is 1. The van der Waals surface area contributed by atoms with Crippen LogP contribution in [-0.4, -0.2) is 61.8 Å². The first-order valence-electron chi connectivity index (χ1n) is 9.45. The van der Waals surface area contributed by atoms with Gasteiger partial charge in [-0.05, 0) is 32.2 Å². The molecule has 0 saturated carbocycles. The van der Waals surface area contributed by atoms with Gasteiger partial charge in [0.25, 0.3) is 0 Å². The Morgan fingerprint density at radius 3 is 2.80 bits per heavy atom. The van der Waals surface area contributed by atoms with E-state index >= 15 is 0 Å². The summed E-state index contributed by atoms with van der Waals surface area (Å²) >= 11 is 1.70. The first kappa shape index (κ1) is 20.1. The van der Waals surface area contributed by atoms with Crippen LogP contribution >= 0.6 is 11.3 Å². The third kappa shape index (κ3) is 7.71. The van der Waals surface area contributed by atoms with Gasteiger partial charge in [-0.3, -0.25) is 4.90 Å². The zero-order valence-electron chi connectivity index (χ0n) is 15.9. The van der Waals surface area contributed by atoms with Crippen molar-refractivity contribution in [2.24, 2.45) is 4.99 Å². The molecule has 1 aliphatic heterocycles. The number of ether oxygens (including phenoxy) is 1. The van der Waals surface area contributed by atoms with Gasteiger partial charge >= 0.3 is 0 Å². The van der Waals surface area contributed by atoms with E-state index in [2.05, 4.69) is 51.7 Å². The van der Waals surface area contributed by atoms with Crippen molar-refractivity contribution in [1.29, 1.82) is 0 Å².